The van der Waals surface area contributed by atoms with Crippen LogP contribution in [0.2, 0.25) is 0 Å². The molecule has 0 aliphatic rings. The highest BCUT2D eigenvalue weighted by molar-refractivity contribution is 7.69. The van der Waals surface area contributed by atoms with Gasteiger partial charge < -0.3 is 14.0 Å². The lowest BCUT2D eigenvalue weighted by atomic mass is 10.1. The molecule has 0 aromatic carbocycles. The molecule has 0 N–H and O–H groups in total. The van der Waals surface area contributed by atoms with Gasteiger partial charge in [0.15, 0.2) is 6.61 Å². The molecule has 0 saturated carbocycles. The summed E-state index contributed by atoms with van der Waals surface area (Å²) in [5.41, 5.74) is -0.332. The Morgan fingerprint density at radius 2 is 2.04 bits per heavy atom. The van der Waals surface area contributed by atoms with Gasteiger partial charge in [0.1, 0.15) is 12.6 Å². The molecule has 0 atom stereocenters. The van der Waals surface area contributed by atoms with E-state index in [0.717, 1.165) is 0 Å². The summed E-state index contributed by atoms with van der Waals surface area (Å²) in [5, 5.41) is 0. The number of amides is 1. The molecule has 23 heavy (non-hydrogen) atoms. The van der Waals surface area contributed by atoms with Crippen LogP contribution in [-0.4, -0.2) is 48.6 Å². The number of hydrogen-bond donors (Lipinski definition) is 0. The van der Waals surface area contributed by atoms with Crippen LogP contribution in [0.15, 0.2) is 6.20 Å². The standard InChI is InChI=1S/C15H22N3O4P/c1-8-9-22-14(19)18(15(2,3)4)12-13(21-5)17-11(10-16-12)23(6,7)20/h1,10H,9H2,2-7H3. The third-order valence-corrected chi connectivity index (χ3v) is 4.12. The molecule has 1 rings (SSSR count). The Morgan fingerprint density at radius 1 is 1.43 bits per heavy atom. The number of carbonyl (C=O) groups excluding carboxylic acids is 1. The molecule has 7 nitrogen and oxygen atoms in total. The van der Waals surface area contributed by atoms with Crippen LogP contribution in [0.1, 0.15) is 20.8 Å². The Labute approximate surface area is 136 Å². The van der Waals surface area contributed by atoms with Gasteiger partial charge in [-0.1, -0.05) is 5.92 Å². The van der Waals surface area contributed by atoms with Crippen LogP contribution < -0.4 is 15.1 Å². The fourth-order valence-electron chi connectivity index (χ4n) is 1.75. The van der Waals surface area contributed by atoms with Crippen molar-refractivity contribution in [1.29, 1.82) is 0 Å². The minimum absolute atomic E-state index is 0.0963. The van der Waals surface area contributed by atoms with Gasteiger partial charge in [-0.2, -0.15) is 0 Å². The molecule has 126 valence electrons. The molecular formula is C15H22N3O4P. The van der Waals surface area contributed by atoms with E-state index < -0.39 is 18.8 Å². The van der Waals surface area contributed by atoms with E-state index in [1.54, 1.807) is 13.3 Å². The Hall–Kier alpha value is -2.06. The fraction of sp³-hybridized carbons (Fsp3) is 0.533. The van der Waals surface area contributed by atoms with Gasteiger partial charge in [-0.25, -0.2) is 14.8 Å². The summed E-state index contributed by atoms with van der Waals surface area (Å²) in [6.45, 7) is 8.44. The first kappa shape index (κ1) is 19.0. The van der Waals surface area contributed by atoms with Crippen molar-refractivity contribution in [2.75, 3.05) is 31.9 Å². The van der Waals surface area contributed by atoms with Crippen molar-refractivity contribution in [1.82, 2.24) is 9.97 Å². The van der Waals surface area contributed by atoms with Gasteiger partial charge in [0, 0.05) is 5.54 Å². The highest BCUT2D eigenvalue weighted by Crippen LogP contribution is 2.36. The molecule has 0 aliphatic heterocycles. The zero-order valence-corrected chi connectivity index (χ0v) is 15.2. The van der Waals surface area contributed by atoms with Gasteiger partial charge in [-0.3, -0.25) is 4.90 Å². The van der Waals surface area contributed by atoms with Crippen LogP contribution in [0.4, 0.5) is 10.6 Å². The number of hydrogen-bond acceptors (Lipinski definition) is 6. The van der Waals surface area contributed by atoms with Crippen LogP contribution in [-0.2, 0) is 9.30 Å². The van der Waals surface area contributed by atoms with E-state index in [0.29, 0.717) is 5.44 Å². The van der Waals surface area contributed by atoms with Gasteiger partial charge in [0.05, 0.1) is 13.3 Å². The van der Waals surface area contributed by atoms with Gasteiger partial charge in [0.25, 0.3) is 5.88 Å². The van der Waals surface area contributed by atoms with Crippen molar-refractivity contribution in [3.63, 3.8) is 0 Å². The molecule has 0 unspecified atom stereocenters. The van der Waals surface area contributed by atoms with Crippen LogP contribution in [0.3, 0.4) is 0 Å². The van der Waals surface area contributed by atoms with E-state index in [9.17, 15) is 9.36 Å². The predicted octanol–water partition coefficient (Wildman–Crippen LogP) is 2.11. The second-order valence-corrected chi connectivity index (χ2v) is 9.34. The minimum atomic E-state index is -2.61. The largest absolute Gasteiger partial charge is 0.478 e. The highest BCUT2D eigenvalue weighted by atomic mass is 31.2. The Kier molecular flexibility index (Phi) is 5.79. The van der Waals surface area contributed by atoms with E-state index in [2.05, 4.69) is 15.9 Å². The van der Waals surface area contributed by atoms with Crippen LogP contribution in [0.25, 0.3) is 0 Å². The number of nitrogens with zero attached hydrogens (tertiary/aromatic N) is 3. The maximum atomic E-state index is 12.3. The summed E-state index contributed by atoms with van der Waals surface area (Å²) in [7, 11) is -1.20. The summed E-state index contributed by atoms with van der Waals surface area (Å²) in [5.74, 6) is 2.52. The zero-order valence-electron chi connectivity index (χ0n) is 14.3. The highest BCUT2D eigenvalue weighted by Gasteiger charge is 2.34. The normalized spacial score (nSPS) is 11.5. The summed E-state index contributed by atoms with van der Waals surface area (Å²) in [6.07, 6.45) is 5.84. The first-order valence-electron chi connectivity index (χ1n) is 6.89. The Balaban J connectivity index is 3.40. The molecule has 1 heterocycles. The van der Waals surface area contributed by atoms with E-state index in [-0.39, 0.29) is 18.3 Å². The molecule has 1 amide bonds. The maximum Gasteiger partial charge on any atom is 0.417 e. The second-order valence-electron chi connectivity index (χ2n) is 6.18. The quantitative estimate of drug-likeness (QED) is 0.617. The third-order valence-electron chi connectivity index (χ3n) is 2.80. The van der Waals surface area contributed by atoms with E-state index in [1.807, 2.05) is 20.8 Å². The molecular weight excluding hydrogens is 317 g/mol. The van der Waals surface area contributed by atoms with Crippen LogP contribution >= 0.6 is 7.14 Å². The smallest absolute Gasteiger partial charge is 0.417 e. The van der Waals surface area contributed by atoms with E-state index >= 15 is 0 Å². The van der Waals surface area contributed by atoms with E-state index in [1.165, 1.54) is 18.2 Å². The Bertz CT molecular complexity index is 670. The monoisotopic (exact) mass is 339 g/mol. The lowest BCUT2D eigenvalue weighted by Gasteiger charge is -2.33. The van der Waals surface area contributed by atoms with Crippen LogP contribution in [0.5, 0.6) is 5.88 Å². The first-order valence-corrected chi connectivity index (χ1v) is 9.49. The molecule has 0 bridgehead atoms. The van der Waals surface area contributed by atoms with Crippen molar-refractivity contribution in [2.24, 2.45) is 0 Å². The minimum Gasteiger partial charge on any atom is -0.478 e. The SMILES string of the molecule is C#CCOC(=O)N(c1ncc(P(C)(C)=O)nc1OC)C(C)(C)C. The van der Waals surface area contributed by atoms with Crippen molar-refractivity contribution in [3.8, 4) is 18.2 Å². The van der Waals surface area contributed by atoms with Gasteiger partial charge in [-0.15, -0.1) is 6.42 Å². The molecule has 0 radical (unpaired) electrons. The molecule has 0 fully saturated rings. The first-order chi connectivity index (χ1) is 10.5. The van der Waals surface area contributed by atoms with Crippen molar-refractivity contribution in [2.45, 2.75) is 26.3 Å². The summed E-state index contributed by atoms with van der Waals surface area (Å²) in [6, 6.07) is 0. The fourth-order valence-corrected chi connectivity index (χ4v) is 2.42. The number of terminal acetylenes is 1. The Morgan fingerprint density at radius 3 is 2.48 bits per heavy atom. The lowest BCUT2D eigenvalue weighted by molar-refractivity contribution is 0.161. The number of rotatable bonds is 4. The maximum absolute atomic E-state index is 12.3. The van der Waals surface area contributed by atoms with Gasteiger partial charge in [-0.05, 0) is 34.1 Å². The van der Waals surface area contributed by atoms with Crippen LogP contribution in [0, 0.1) is 12.3 Å². The number of methoxy groups -OCH3 is 1. The van der Waals surface area contributed by atoms with Crippen molar-refractivity contribution < 1.29 is 18.8 Å². The van der Waals surface area contributed by atoms with E-state index in [4.69, 9.17) is 15.9 Å². The van der Waals surface area contributed by atoms with Crippen molar-refractivity contribution in [3.05, 3.63) is 6.20 Å². The van der Waals surface area contributed by atoms with Crippen molar-refractivity contribution >= 4 is 24.5 Å². The predicted molar refractivity (Wildman–Crippen MR) is 90.1 cm³/mol. The molecule has 8 heteroatoms. The zero-order chi connectivity index (χ0) is 17.8. The van der Waals surface area contributed by atoms with Gasteiger partial charge >= 0.3 is 6.09 Å². The topological polar surface area (TPSA) is 81.6 Å². The number of ether oxygens (including phenoxy) is 2. The summed E-state index contributed by atoms with van der Waals surface area (Å²) < 4.78 is 22.4. The molecule has 0 spiro atoms. The summed E-state index contributed by atoms with van der Waals surface area (Å²) >= 11 is 0. The molecule has 1 aromatic rings. The summed E-state index contributed by atoms with van der Waals surface area (Å²) in [4.78, 5) is 22.1. The molecule has 0 aliphatic carbocycles. The number of carbonyl (C=O) groups is 1. The molecule has 0 saturated heterocycles. The third kappa shape index (κ3) is 4.70. The number of aromatic nitrogens is 2. The molecule has 1 aromatic heterocycles. The second kappa shape index (κ2) is 7.01. The average Bonchev–Trinajstić information content (AvgIpc) is 2.42. The lowest BCUT2D eigenvalue weighted by Crippen LogP contribution is -2.47. The average molecular weight is 339 g/mol. The van der Waals surface area contributed by atoms with Gasteiger partial charge in [0.2, 0.25) is 5.82 Å². The number of anilines is 1.